The fourth-order valence-corrected chi connectivity index (χ4v) is 2.41. The molecule has 0 bridgehead atoms. The lowest BCUT2D eigenvalue weighted by Gasteiger charge is -2.12. The third-order valence-electron chi connectivity index (χ3n) is 2.56. The van der Waals surface area contributed by atoms with Gasteiger partial charge in [-0.15, -0.1) is 11.3 Å². The van der Waals surface area contributed by atoms with Crippen molar-refractivity contribution in [1.29, 1.82) is 0 Å². The van der Waals surface area contributed by atoms with Crippen molar-refractivity contribution in [1.82, 2.24) is 10.3 Å². The molecule has 0 saturated carbocycles. The Bertz CT molecular complexity index is 612. The number of nitrogens with zero attached hydrogens (tertiary/aromatic N) is 1. The molecular formula is C13H13FN2O2S. The fourth-order valence-electron chi connectivity index (χ4n) is 1.60. The van der Waals surface area contributed by atoms with E-state index in [1.165, 1.54) is 17.4 Å². The van der Waals surface area contributed by atoms with E-state index >= 15 is 0 Å². The van der Waals surface area contributed by atoms with Gasteiger partial charge in [-0.3, -0.25) is 4.79 Å². The van der Waals surface area contributed by atoms with E-state index in [0.717, 1.165) is 22.8 Å². The molecule has 0 aliphatic rings. The molecule has 0 fully saturated rings. The summed E-state index contributed by atoms with van der Waals surface area (Å²) in [5, 5.41) is 14.9. The van der Waals surface area contributed by atoms with Crippen LogP contribution in [0.4, 0.5) is 4.39 Å². The quantitative estimate of drug-likeness (QED) is 0.908. The fraction of sp³-hybridized carbons (Fsp3) is 0.231. The number of aromatic nitrogens is 1. The molecule has 0 saturated heterocycles. The van der Waals surface area contributed by atoms with Gasteiger partial charge in [0.25, 0.3) is 5.91 Å². The third-order valence-corrected chi connectivity index (χ3v) is 3.70. The number of phenolic OH excluding ortho intramolecular Hbond substituents is 1. The topological polar surface area (TPSA) is 62.2 Å². The number of hydrogen-bond donors (Lipinski definition) is 2. The maximum absolute atomic E-state index is 12.8. The van der Waals surface area contributed by atoms with Gasteiger partial charge in [0.05, 0.1) is 11.6 Å². The maximum atomic E-state index is 12.8. The van der Waals surface area contributed by atoms with Crippen LogP contribution >= 0.6 is 11.3 Å². The average molecular weight is 280 g/mol. The Labute approximate surface area is 113 Å². The number of phenols is 1. The highest BCUT2D eigenvalue weighted by molar-refractivity contribution is 7.09. The predicted octanol–water partition coefficient (Wildman–Crippen LogP) is 2.79. The van der Waals surface area contributed by atoms with Crippen molar-refractivity contribution in [2.45, 2.75) is 19.9 Å². The summed E-state index contributed by atoms with van der Waals surface area (Å²) in [6.45, 7) is 3.68. The number of amides is 1. The minimum atomic E-state index is -0.586. The van der Waals surface area contributed by atoms with Crippen molar-refractivity contribution in [3.8, 4) is 5.75 Å². The van der Waals surface area contributed by atoms with Gasteiger partial charge in [-0.05, 0) is 26.0 Å². The van der Waals surface area contributed by atoms with Gasteiger partial charge in [0, 0.05) is 17.1 Å². The van der Waals surface area contributed by atoms with E-state index in [9.17, 15) is 14.3 Å². The van der Waals surface area contributed by atoms with Gasteiger partial charge >= 0.3 is 0 Å². The molecule has 0 spiro atoms. The number of nitrogens with one attached hydrogen (secondary N) is 1. The van der Waals surface area contributed by atoms with E-state index in [1.54, 1.807) is 6.92 Å². The molecule has 1 heterocycles. The van der Waals surface area contributed by atoms with Crippen molar-refractivity contribution < 1.29 is 14.3 Å². The van der Waals surface area contributed by atoms with E-state index in [-0.39, 0.29) is 17.4 Å². The number of carbonyl (C=O) groups excluding carboxylic acids is 1. The summed E-state index contributed by atoms with van der Waals surface area (Å²) in [6.07, 6.45) is 0. The molecule has 0 aliphatic carbocycles. The third kappa shape index (κ3) is 3.08. The van der Waals surface area contributed by atoms with Crippen LogP contribution in [0.1, 0.15) is 34.0 Å². The summed E-state index contributed by atoms with van der Waals surface area (Å²) in [4.78, 5) is 16.2. The first-order valence-electron chi connectivity index (χ1n) is 5.69. The Morgan fingerprint density at radius 2 is 2.26 bits per heavy atom. The second-order valence-electron chi connectivity index (χ2n) is 4.18. The van der Waals surface area contributed by atoms with Gasteiger partial charge in [0.1, 0.15) is 16.6 Å². The summed E-state index contributed by atoms with van der Waals surface area (Å²) < 4.78 is 12.8. The molecule has 1 atom stereocenters. The number of thiazole rings is 1. The molecule has 2 rings (SSSR count). The monoisotopic (exact) mass is 280 g/mol. The molecule has 1 amide bonds. The van der Waals surface area contributed by atoms with Crippen LogP contribution in [0.25, 0.3) is 0 Å². The number of carbonyl (C=O) groups is 1. The van der Waals surface area contributed by atoms with Gasteiger partial charge in [-0.25, -0.2) is 9.37 Å². The smallest absolute Gasteiger partial charge is 0.255 e. The molecule has 2 N–H and O–H groups in total. The zero-order valence-corrected chi connectivity index (χ0v) is 11.3. The van der Waals surface area contributed by atoms with E-state index in [4.69, 9.17) is 0 Å². The van der Waals surface area contributed by atoms with Gasteiger partial charge in [-0.2, -0.15) is 0 Å². The van der Waals surface area contributed by atoms with Crippen LogP contribution in [0, 0.1) is 12.7 Å². The summed E-state index contributed by atoms with van der Waals surface area (Å²) in [7, 11) is 0. The Hall–Kier alpha value is -1.95. The summed E-state index contributed by atoms with van der Waals surface area (Å²) in [5.74, 6) is -1.42. The molecule has 0 aliphatic heterocycles. The van der Waals surface area contributed by atoms with E-state index in [0.29, 0.717) is 0 Å². The molecule has 1 aromatic heterocycles. The molecule has 2 aromatic rings. The van der Waals surface area contributed by atoms with Crippen LogP contribution in [-0.4, -0.2) is 16.0 Å². The SMILES string of the molecule is Cc1csc(C(C)NC(=O)c2ccc(F)cc2O)n1. The van der Waals surface area contributed by atoms with Crippen molar-refractivity contribution in [2.24, 2.45) is 0 Å². The van der Waals surface area contributed by atoms with E-state index in [2.05, 4.69) is 10.3 Å². The minimum Gasteiger partial charge on any atom is -0.507 e. The molecule has 100 valence electrons. The van der Waals surface area contributed by atoms with Crippen LogP contribution in [0.15, 0.2) is 23.6 Å². The highest BCUT2D eigenvalue weighted by atomic mass is 32.1. The minimum absolute atomic E-state index is 0.0431. The van der Waals surface area contributed by atoms with E-state index < -0.39 is 11.7 Å². The first-order valence-corrected chi connectivity index (χ1v) is 6.56. The Balaban J connectivity index is 2.12. The lowest BCUT2D eigenvalue weighted by atomic mass is 10.1. The van der Waals surface area contributed by atoms with Crippen LogP contribution in [0.2, 0.25) is 0 Å². The molecule has 4 nitrogen and oxygen atoms in total. The van der Waals surface area contributed by atoms with Crippen LogP contribution in [0.3, 0.4) is 0 Å². The number of hydrogen-bond acceptors (Lipinski definition) is 4. The van der Waals surface area contributed by atoms with Gasteiger partial charge in [-0.1, -0.05) is 0 Å². The Morgan fingerprint density at radius 1 is 1.53 bits per heavy atom. The second kappa shape index (κ2) is 5.36. The first kappa shape index (κ1) is 13.5. The Kier molecular flexibility index (Phi) is 3.80. The van der Waals surface area contributed by atoms with Gasteiger partial charge in [0.15, 0.2) is 0 Å². The maximum Gasteiger partial charge on any atom is 0.255 e. The zero-order chi connectivity index (χ0) is 14.0. The second-order valence-corrected chi connectivity index (χ2v) is 5.07. The molecule has 0 radical (unpaired) electrons. The van der Waals surface area contributed by atoms with Gasteiger partial charge < -0.3 is 10.4 Å². The lowest BCUT2D eigenvalue weighted by Crippen LogP contribution is -2.26. The average Bonchev–Trinajstić information content (AvgIpc) is 2.75. The van der Waals surface area contributed by atoms with Crippen molar-refractivity contribution >= 4 is 17.2 Å². The highest BCUT2D eigenvalue weighted by Gasteiger charge is 2.16. The highest BCUT2D eigenvalue weighted by Crippen LogP contribution is 2.21. The van der Waals surface area contributed by atoms with Gasteiger partial charge in [0.2, 0.25) is 0 Å². The lowest BCUT2D eigenvalue weighted by molar-refractivity contribution is 0.0937. The first-order chi connectivity index (χ1) is 8.97. The van der Waals surface area contributed by atoms with Crippen molar-refractivity contribution in [3.05, 3.63) is 45.7 Å². The Morgan fingerprint density at radius 3 is 2.84 bits per heavy atom. The summed E-state index contributed by atoms with van der Waals surface area (Å²) in [6, 6.07) is 3.02. The molecule has 19 heavy (non-hydrogen) atoms. The number of aromatic hydroxyl groups is 1. The van der Waals surface area contributed by atoms with Crippen LogP contribution < -0.4 is 5.32 Å². The molecule has 6 heteroatoms. The summed E-state index contributed by atoms with van der Waals surface area (Å²) in [5.41, 5.74) is 0.937. The van der Waals surface area contributed by atoms with Crippen molar-refractivity contribution in [2.75, 3.05) is 0 Å². The normalized spacial score (nSPS) is 12.2. The number of aryl methyl sites for hydroxylation is 1. The summed E-state index contributed by atoms with van der Waals surface area (Å²) >= 11 is 1.45. The van der Waals surface area contributed by atoms with E-state index in [1.807, 2.05) is 12.3 Å². The zero-order valence-electron chi connectivity index (χ0n) is 10.5. The van der Waals surface area contributed by atoms with Crippen LogP contribution in [-0.2, 0) is 0 Å². The predicted molar refractivity (Wildman–Crippen MR) is 70.8 cm³/mol. The van der Waals surface area contributed by atoms with Crippen molar-refractivity contribution in [3.63, 3.8) is 0 Å². The number of rotatable bonds is 3. The molecule has 1 unspecified atom stereocenters. The standard InChI is InChI=1S/C13H13FN2O2S/c1-7-6-19-13(15-7)8(2)16-12(18)10-4-3-9(14)5-11(10)17/h3-6,8,17H,1-2H3,(H,16,18). The number of benzene rings is 1. The number of halogens is 1. The molecule has 1 aromatic carbocycles. The van der Waals surface area contributed by atoms with Crippen LogP contribution in [0.5, 0.6) is 5.75 Å². The largest absolute Gasteiger partial charge is 0.507 e. The molecular weight excluding hydrogens is 267 g/mol.